The Bertz CT molecular complexity index is 460. The fraction of sp³-hybridized carbons (Fsp3) is 0.286. The number of rotatable bonds is 3. The van der Waals surface area contributed by atoms with Crippen molar-refractivity contribution in [3.8, 4) is 0 Å². The fourth-order valence-electron chi connectivity index (χ4n) is 0.898. The average Bonchev–Trinajstić information content (AvgIpc) is 2.48. The van der Waals surface area contributed by atoms with Gasteiger partial charge in [-0.2, -0.15) is 0 Å². The Labute approximate surface area is 85.4 Å². The molecule has 0 atom stereocenters. The lowest BCUT2D eigenvalue weighted by atomic mass is 10.3. The van der Waals surface area contributed by atoms with Gasteiger partial charge in [0, 0.05) is 0 Å². The minimum Gasteiger partial charge on any atom is -0.477 e. The number of carboxylic acids is 1. The van der Waals surface area contributed by atoms with Gasteiger partial charge in [0.05, 0.1) is 0 Å². The molecule has 14 heavy (non-hydrogen) atoms. The molecular weight excluding hydrogens is 226 g/mol. The minimum atomic E-state index is -3.53. The normalized spacial score (nSPS) is 11.6. The summed E-state index contributed by atoms with van der Waals surface area (Å²) < 4.78 is 24.7. The van der Waals surface area contributed by atoms with Gasteiger partial charge < -0.3 is 5.11 Å². The van der Waals surface area contributed by atoms with Gasteiger partial charge in [0.25, 0.3) is 0 Å². The summed E-state index contributed by atoms with van der Waals surface area (Å²) in [5, 5.41) is 8.71. The topological polar surface area (TPSA) is 83.5 Å². The highest BCUT2D eigenvalue weighted by Crippen LogP contribution is 2.25. The number of nitrogens with one attached hydrogen (secondary N) is 1. The van der Waals surface area contributed by atoms with Crippen molar-refractivity contribution in [3.05, 3.63) is 16.5 Å². The van der Waals surface area contributed by atoms with Crippen molar-refractivity contribution in [2.75, 3.05) is 7.05 Å². The number of sulfonamides is 1. The van der Waals surface area contributed by atoms with E-state index in [9.17, 15) is 13.2 Å². The summed E-state index contributed by atoms with van der Waals surface area (Å²) in [6, 6.07) is 1.35. The average molecular weight is 235 g/mol. The van der Waals surface area contributed by atoms with Crippen LogP contribution in [0.4, 0.5) is 0 Å². The van der Waals surface area contributed by atoms with Crippen LogP contribution in [-0.2, 0) is 10.0 Å². The predicted octanol–water partition coefficient (Wildman–Crippen LogP) is 0.663. The van der Waals surface area contributed by atoms with Crippen LogP contribution in [0.3, 0.4) is 0 Å². The van der Waals surface area contributed by atoms with E-state index in [1.807, 2.05) is 0 Å². The number of thiophene rings is 1. The Morgan fingerprint density at radius 2 is 2.14 bits per heavy atom. The third-order valence-corrected chi connectivity index (χ3v) is 4.74. The molecule has 1 aromatic heterocycles. The number of carboxylic acid groups (broad SMARTS) is 1. The summed E-state index contributed by atoms with van der Waals surface area (Å²) >= 11 is 0.749. The molecule has 2 N–H and O–H groups in total. The van der Waals surface area contributed by atoms with Crippen molar-refractivity contribution >= 4 is 27.3 Å². The van der Waals surface area contributed by atoms with Gasteiger partial charge in [-0.3, -0.25) is 0 Å². The van der Waals surface area contributed by atoms with Gasteiger partial charge in [0.2, 0.25) is 10.0 Å². The molecule has 0 bridgehead atoms. The number of hydrogen-bond donors (Lipinski definition) is 2. The Morgan fingerprint density at radius 1 is 1.57 bits per heavy atom. The molecule has 78 valence electrons. The van der Waals surface area contributed by atoms with Gasteiger partial charge >= 0.3 is 5.97 Å². The summed E-state index contributed by atoms with van der Waals surface area (Å²) in [7, 11) is -2.25. The van der Waals surface area contributed by atoms with Crippen LogP contribution in [0.2, 0.25) is 0 Å². The third kappa shape index (κ3) is 1.94. The summed E-state index contributed by atoms with van der Waals surface area (Å²) in [6.07, 6.45) is 0. The van der Waals surface area contributed by atoms with Gasteiger partial charge in [0.1, 0.15) is 9.09 Å². The van der Waals surface area contributed by atoms with E-state index in [0.717, 1.165) is 11.3 Å². The zero-order valence-corrected chi connectivity index (χ0v) is 9.20. The zero-order valence-electron chi connectivity index (χ0n) is 7.57. The maximum Gasteiger partial charge on any atom is 0.346 e. The molecule has 1 rings (SSSR count). The lowest BCUT2D eigenvalue weighted by molar-refractivity contribution is 0.0701. The molecule has 0 spiro atoms. The molecule has 0 saturated carbocycles. The van der Waals surface area contributed by atoms with Crippen LogP contribution in [0.25, 0.3) is 0 Å². The monoisotopic (exact) mass is 235 g/mol. The van der Waals surface area contributed by atoms with E-state index in [-0.39, 0.29) is 9.09 Å². The molecule has 5 nitrogen and oxygen atoms in total. The van der Waals surface area contributed by atoms with Crippen LogP contribution in [0.15, 0.2) is 10.3 Å². The van der Waals surface area contributed by atoms with E-state index >= 15 is 0 Å². The van der Waals surface area contributed by atoms with Crippen molar-refractivity contribution in [2.45, 2.75) is 11.1 Å². The molecule has 0 aromatic carbocycles. The van der Waals surface area contributed by atoms with Crippen molar-refractivity contribution in [3.63, 3.8) is 0 Å². The van der Waals surface area contributed by atoms with Gasteiger partial charge in [-0.1, -0.05) is 0 Å². The molecule has 1 heterocycles. The maximum absolute atomic E-state index is 11.3. The summed E-state index contributed by atoms with van der Waals surface area (Å²) in [4.78, 5) is 10.7. The zero-order chi connectivity index (χ0) is 10.9. The maximum atomic E-state index is 11.3. The minimum absolute atomic E-state index is 0.0231. The Kier molecular flexibility index (Phi) is 2.93. The van der Waals surface area contributed by atoms with Crippen LogP contribution < -0.4 is 4.72 Å². The standard InChI is InChI=1S/C7H9NO4S2/c1-4-3-5(14(11,12)8-2)13-6(4)7(9)10/h3,8H,1-2H3,(H,9,10). The largest absolute Gasteiger partial charge is 0.477 e. The molecule has 0 unspecified atom stereocenters. The third-order valence-electron chi connectivity index (χ3n) is 1.62. The Hall–Kier alpha value is -0.920. The second-order valence-electron chi connectivity index (χ2n) is 2.59. The lowest BCUT2D eigenvalue weighted by Crippen LogP contribution is -2.17. The predicted molar refractivity (Wildman–Crippen MR) is 52.3 cm³/mol. The Morgan fingerprint density at radius 3 is 2.50 bits per heavy atom. The molecule has 7 heteroatoms. The molecule has 1 aromatic rings. The Balaban J connectivity index is 3.29. The highest BCUT2D eigenvalue weighted by atomic mass is 32.2. The van der Waals surface area contributed by atoms with Gasteiger partial charge in [-0.25, -0.2) is 17.9 Å². The summed E-state index contributed by atoms with van der Waals surface area (Å²) in [6.45, 7) is 1.56. The van der Waals surface area contributed by atoms with Crippen molar-refractivity contribution in [2.24, 2.45) is 0 Å². The molecular formula is C7H9NO4S2. The lowest BCUT2D eigenvalue weighted by Gasteiger charge is -1.95. The van der Waals surface area contributed by atoms with E-state index < -0.39 is 16.0 Å². The molecule has 0 aliphatic heterocycles. The van der Waals surface area contributed by atoms with Crippen molar-refractivity contribution in [1.82, 2.24) is 4.72 Å². The molecule has 0 amide bonds. The fourth-order valence-corrected chi connectivity index (χ4v) is 3.11. The summed E-state index contributed by atoms with van der Waals surface area (Å²) in [5.74, 6) is -1.11. The van der Waals surface area contributed by atoms with Crippen LogP contribution in [-0.4, -0.2) is 26.5 Å². The second-order valence-corrected chi connectivity index (χ2v) is 5.76. The number of hydrogen-bond acceptors (Lipinski definition) is 4. The number of aromatic carboxylic acids is 1. The van der Waals surface area contributed by atoms with E-state index in [1.165, 1.54) is 13.1 Å². The first-order valence-electron chi connectivity index (χ1n) is 3.65. The van der Waals surface area contributed by atoms with Crippen LogP contribution in [0.1, 0.15) is 15.2 Å². The summed E-state index contributed by atoms with van der Waals surface area (Å²) in [5.41, 5.74) is 0.455. The molecule has 0 aliphatic rings. The second kappa shape index (κ2) is 3.68. The highest BCUT2D eigenvalue weighted by molar-refractivity contribution is 7.91. The first kappa shape index (κ1) is 11.2. The number of aryl methyl sites for hydroxylation is 1. The van der Waals surface area contributed by atoms with Crippen molar-refractivity contribution < 1.29 is 18.3 Å². The van der Waals surface area contributed by atoms with E-state index in [1.54, 1.807) is 6.92 Å². The first-order valence-corrected chi connectivity index (χ1v) is 5.95. The van der Waals surface area contributed by atoms with Gasteiger partial charge in [0.15, 0.2) is 0 Å². The SMILES string of the molecule is CNS(=O)(=O)c1cc(C)c(C(=O)O)s1. The molecule has 0 aliphatic carbocycles. The van der Waals surface area contributed by atoms with E-state index in [0.29, 0.717) is 5.56 Å². The van der Waals surface area contributed by atoms with Crippen LogP contribution in [0.5, 0.6) is 0 Å². The number of carbonyl (C=O) groups is 1. The smallest absolute Gasteiger partial charge is 0.346 e. The molecule has 0 fully saturated rings. The molecule has 0 radical (unpaired) electrons. The molecule has 0 saturated heterocycles. The van der Waals surface area contributed by atoms with Crippen LogP contribution >= 0.6 is 11.3 Å². The van der Waals surface area contributed by atoms with Gasteiger partial charge in [-0.05, 0) is 25.6 Å². The van der Waals surface area contributed by atoms with Gasteiger partial charge in [-0.15, -0.1) is 11.3 Å². The van der Waals surface area contributed by atoms with E-state index in [2.05, 4.69) is 4.72 Å². The van der Waals surface area contributed by atoms with Crippen molar-refractivity contribution in [1.29, 1.82) is 0 Å². The highest BCUT2D eigenvalue weighted by Gasteiger charge is 2.19. The van der Waals surface area contributed by atoms with Crippen LogP contribution in [0, 0.1) is 6.92 Å². The quantitative estimate of drug-likeness (QED) is 0.806. The first-order chi connectivity index (χ1) is 6.38. The van der Waals surface area contributed by atoms with E-state index in [4.69, 9.17) is 5.11 Å².